The SMILES string of the molecule is Cc1cnc(-c2noc([C@@H](O)CN)n2)c(C)c1. The third-order valence-corrected chi connectivity index (χ3v) is 2.38. The second kappa shape index (κ2) is 4.60. The lowest BCUT2D eigenvalue weighted by atomic mass is 10.1. The van der Waals surface area contributed by atoms with Crippen molar-refractivity contribution in [3.05, 3.63) is 29.3 Å². The number of hydrogen-bond donors (Lipinski definition) is 2. The van der Waals surface area contributed by atoms with Crippen molar-refractivity contribution in [2.24, 2.45) is 5.73 Å². The van der Waals surface area contributed by atoms with Crippen molar-refractivity contribution in [2.45, 2.75) is 20.0 Å². The second-order valence-electron chi connectivity index (χ2n) is 3.89. The summed E-state index contributed by atoms with van der Waals surface area (Å²) in [6.07, 6.45) is 0.805. The van der Waals surface area contributed by atoms with E-state index in [2.05, 4.69) is 15.1 Å². The Bertz CT molecular complexity index is 524. The van der Waals surface area contributed by atoms with Gasteiger partial charge in [-0.25, -0.2) is 0 Å². The minimum atomic E-state index is -0.929. The van der Waals surface area contributed by atoms with E-state index in [1.54, 1.807) is 6.20 Å². The maximum absolute atomic E-state index is 9.46. The van der Waals surface area contributed by atoms with Gasteiger partial charge in [0.05, 0.1) is 0 Å². The van der Waals surface area contributed by atoms with Crippen LogP contribution >= 0.6 is 0 Å². The van der Waals surface area contributed by atoms with Crippen molar-refractivity contribution in [3.8, 4) is 11.5 Å². The van der Waals surface area contributed by atoms with Gasteiger partial charge in [0.2, 0.25) is 5.82 Å². The van der Waals surface area contributed by atoms with Gasteiger partial charge in [0.15, 0.2) is 0 Å². The molecule has 0 saturated carbocycles. The van der Waals surface area contributed by atoms with E-state index in [9.17, 15) is 5.11 Å². The number of pyridine rings is 1. The Balaban J connectivity index is 2.37. The number of aliphatic hydroxyl groups is 1. The van der Waals surface area contributed by atoms with E-state index in [-0.39, 0.29) is 12.4 Å². The molecule has 2 heterocycles. The average molecular weight is 234 g/mol. The fourth-order valence-corrected chi connectivity index (χ4v) is 1.52. The summed E-state index contributed by atoms with van der Waals surface area (Å²) in [5.41, 5.74) is 7.98. The minimum absolute atomic E-state index is 0.0436. The number of rotatable bonds is 3. The van der Waals surface area contributed by atoms with Crippen LogP contribution in [0, 0.1) is 13.8 Å². The molecule has 0 bridgehead atoms. The molecule has 6 nitrogen and oxygen atoms in total. The monoisotopic (exact) mass is 234 g/mol. The van der Waals surface area contributed by atoms with Crippen LogP contribution in [0.15, 0.2) is 16.8 Å². The highest BCUT2D eigenvalue weighted by Crippen LogP contribution is 2.20. The molecule has 2 aromatic heterocycles. The van der Waals surface area contributed by atoms with E-state index in [1.165, 1.54) is 0 Å². The highest BCUT2D eigenvalue weighted by Gasteiger charge is 2.17. The fraction of sp³-hybridized carbons (Fsp3) is 0.364. The Kier molecular flexibility index (Phi) is 3.16. The zero-order valence-corrected chi connectivity index (χ0v) is 9.71. The molecule has 3 N–H and O–H groups in total. The van der Waals surface area contributed by atoms with Gasteiger partial charge in [-0.05, 0) is 25.0 Å². The van der Waals surface area contributed by atoms with Crippen LogP contribution in [-0.4, -0.2) is 26.8 Å². The molecule has 0 aliphatic heterocycles. The first-order valence-corrected chi connectivity index (χ1v) is 5.27. The van der Waals surface area contributed by atoms with Crippen molar-refractivity contribution >= 4 is 0 Å². The Labute approximate surface area is 98.5 Å². The summed E-state index contributed by atoms with van der Waals surface area (Å²) < 4.78 is 4.93. The molecule has 0 unspecified atom stereocenters. The first-order chi connectivity index (χ1) is 8.11. The molecule has 0 radical (unpaired) electrons. The molecule has 0 fully saturated rings. The molecule has 0 aromatic carbocycles. The third-order valence-electron chi connectivity index (χ3n) is 2.38. The molecule has 6 heteroatoms. The Morgan fingerprint density at radius 2 is 2.24 bits per heavy atom. The summed E-state index contributed by atoms with van der Waals surface area (Å²) >= 11 is 0. The summed E-state index contributed by atoms with van der Waals surface area (Å²) in [7, 11) is 0. The Morgan fingerprint density at radius 3 is 2.88 bits per heavy atom. The summed E-state index contributed by atoms with van der Waals surface area (Å²) in [6.45, 7) is 3.93. The fourth-order valence-electron chi connectivity index (χ4n) is 1.52. The number of nitrogens with zero attached hydrogens (tertiary/aromatic N) is 3. The molecule has 0 amide bonds. The lowest BCUT2D eigenvalue weighted by Gasteiger charge is -2.00. The predicted molar refractivity (Wildman–Crippen MR) is 61.0 cm³/mol. The molecular weight excluding hydrogens is 220 g/mol. The van der Waals surface area contributed by atoms with Crippen LogP contribution < -0.4 is 5.73 Å². The van der Waals surface area contributed by atoms with Gasteiger partial charge in [-0.1, -0.05) is 11.2 Å². The number of nitrogens with two attached hydrogens (primary N) is 1. The van der Waals surface area contributed by atoms with Crippen molar-refractivity contribution in [3.63, 3.8) is 0 Å². The van der Waals surface area contributed by atoms with Gasteiger partial charge in [0, 0.05) is 12.7 Å². The van der Waals surface area contributed by atoms with Crippen LogP contribution in [0.2, 0.25) is 0 Å². The summed E-state index contributed by atoms with van der Waals surface area (Å²) in [4.78, 5) is 8.32. The topological polar surface area (TPSA) is 98.1 Å². The highest BCUT2D eigenvalue weighted by molar-refractivity contribution is 5.54. The molecule has 0 saturated heterocycles. The van der Waals surface area contributed by atoms with Crippen LogP contribution in [-0.2, 0) is 0 Å². The van der Waals surface area contributed by atoms with E-state index < -0.39 is 6.10 Å². The maximum atomic E-state index is 9.46. The number of aliphatic hydroxyl groups excluding tert-OH is 1. The first kappa shape index (κ1) is 11.7. The zero-order chi connectivity index (χ0) is 12.4. The number of hydrogen-bond acceptors (Lipinski definition) is 6. The van der Waals surface area contributed by atoms with Crippen molar-refractivity contribution < 1.29 is 9.63 Å². The van der Waals surface area contributed by atoms with E-state index in [0.29, 0.717) is 11.5 Å². The van der Waals surface area contributed by atoms with E-state index in [4.69, 9.17) is 10.3 Å². The van der Waals surface area contributed by atoms with E-state index in [1.807, 2.05) is 19.9 Å². The van der Waals surface area contributed by atoms with E-state index >= 15 is 0 Å². The predicted octanol–water partition coefficient (Wildman–Crippen LogP) is 0.741. The van der Waals surface area contributed by atoms with Crippen LogP contribution in [0.1, 0.15) is 23.1 Å². The quantitative estimate of drug-likeness (QED) is 0.812. The standard InChI is InChI=1S/C11H14N4O2/c1-6-3-7(2)9(13-5-6)10-14-11(17-15-10)8(16)4-12/h3,5,8,16H,4,12H2,1-2H3/t8-/m0/s1. The first-order valence-electron chi connectivity index (χ1n) is 5.27. The summed E-state index contributed by atoms with van der Waals surface area (Å²) in [6, 6.07) is 1.98. The largest absolute Gasteiger partial charge is 0.382 e. The second-order valence-corrected chi connectivity index (χ2v) is 3.89. The lowest BCUT2D eigenvalue weighted by Crippen LogP contribution is -2.11. The van der Waals surface area contributed by atoms with Gasteiger partial charge in [-0.3, -0.25) is 4.98 Å². The van der Waals surface area contributed by atoms with E-state index in [0.717, 1.165) is 11.1 Å². The molecule has 0 spiro atoms. The molecule has 1 atom stereocenters. The van der Waals surface area contributed by atoms with Gasteiger partial charge >= 0.3 is 0 Å². The van der Waals surface area contributed by atoms with Gasteiger partial charge in [0.25, 0.3) is 5.89 Å². The molecule has 0 aliphatic rings. The van der Waals surface area contributed by atoms with Gasteiger partial charge in [0.1, 0.15) is 11.8 Å². The number of aryl methyl sites for hydroxylation is 2. The Morgan fingerprint density at radius 1 is 1.47 bits per heavy atom. The smallest absolute Gasteiger partial charge is 0.257 e. The van der Waals surface area contributed by atoms with Crippen molar-refractivity contribution in [1.29, 1.82) is 0 Å². The normalized spacial score (nSPS) is 12.7. The van der Waals surface area contributed by atoms with Crippen LogP contribution in [0.3, 0.4) is 0 Å². The highest BCUT2D eigenvalue weighted by atomic mass is 16.5. The van der Waals surface area contributed by atoms with Gasteiger partial charge in [-0.2, -0.15) is 4.98 Å². The number of aromatic nitrogens is 3. The van der Waals surface area contributed by atoms with Crippen LogP contribution in [0.4, 0.5) is 0 Å². The Hall–Kier alpha value is -1.79. The molecular formula is C11H14N4O2. The molecule has 2 rings (SSSR count). The van der Waals surface area contributed by atoms with Crippen molar-refractivity contribution in [2.75, 3.05) is 6.54 Å². The van der Waals surface area contributed by atoms with Crippen LogP contribution in [0.5, 0.6) is 0 Å². The molecule has 2 aromatic rings. The summed E-state index contributed by atoms with van der Waals surface area (Å²) in [5.74, 6) is 0.481. The van der Waals surface area contributed by atoms with Gasteiger partial charge in [-0.15, -0.1) is 0 Å². The average Bonchev–Trinajstić information content (AvgIpc) is 2.77. The summed E-state index contributed by atoms with van der Waals surface area (Å²) in [5, 5.41) is 13.2. The lowest BCUT2D eigenvalue weighted by molar-refractivity contribution is 0.141. The zero-order valence-electron chi connectivity index (χ0n) is 9.71. The van der Waals surface area contributed by atoms with Crippen LogP contribution in [0.25, 0.3) is 11.5 Å². The minimum Gasteiger partial charge on any atom is -0.382 e. The van der Waals surface area contributed by atoms with Gasteiger partial charge < -0.3 is 15.4 Å². The molecule has 0 aliphatic carbocycles. The molecule has 90 valence electrons. The van der Waals surface area contributed by atoms with Crippen molar-refractivity contribution in [1.82, 2.24) is 15.1 Å². The molecule has 17 heavy (non-hydrogen) atoms. The third kappa shape index (κ3) is 2.32. The maximum Gasteiger partial charge on any atom is 0.257 e.